The van der Waals surface area contributed by atoms with E-state index in [2.05, 4.69) is 19.2 Å². The monoisotopic (exact) mass is 189 g/mol. The van der Waals surface area contributed by atoms with Gasteiger partial charge < -0.3 is 14.8 Å². The van der Waals surface area contributed by atoms with E-state index < -0.39 is 0 Å². The summed E-state index contributed by atoms with van der Waals surface area (Å²) in [5, 5.41) is 3.30. The van der Waals surface area contributed by atoms with Gasteiger partial charge in [-0.3, -0.25) is 0 Å². The van der Waals surface area contributed by atoms with Crippen molar-refractivity contribution < 1.29 is 9.47 Å². The van der Waals surface area contributed by atoms with Gasteiger partial charge >= 0.3 is 0 Å². The zero-order valence-electron chi connectivity index (χ0n) is 9.35. The molecule has 0 saturated heterocycles. The van der Waals surface area contributed by atoms with E-state index in [9.17, 15) is 0 Å². The van der Waals surface area contributed by atoms with Crippen molar-refractivity contribution in [2.24, 2.45) is 0 Å². The molecule has 0 atom stereocenters. The lowest BCUT2D eigenvalue weighted by Gasteiger charge is -2.22. The van der Waals surface area contributed by atoms with E-state index in [4.69, 9.17) is 9.47 Å². The molecule has 3 heteroatoms. The average molecular weight is 189 g/mol. The number of hydrogen-bond acceptors (Lipinski definition) is 3. The Morgan fingerprint density at radius 2 is 1.85 bits per heavy atom. The van der Waals surface area contributed by atoms with Gasteiger partial charge in [-0.2, -0.15) is 0 Å². The SMILES string of the molecule is COCCNCCCC(C)(C)OC. The van der Waals surface area contributed by atoms with Crippen molar-refractivity contribution in [1.29, 1.82) is 0 Å². The maximum absolute atomic E-state index is 5.31. The summed E-state index contributed by atoms with van der Waals surface area (Å²) in [7, 11) is 3.48. The summed E-state index contributed by atoms with van der Waals surface area (Å²) in [6.07, 6.45) is 2.23. The first-order valence-electron chi connectivity index (χ1n) is 4.87. The molecule has 0 fully saturated rings. The quantitative estimate of drug-likeness (QED) is 0.586. The lowest BCUT2D eigenvalue weighted by atomic mass is 10.0. The second-order valence-corrected chi connectivity index (χ2v) is 3.81. The zero-order chi connectivity index (χ0) is 10.2. The molecule has 0 radical (unpaired) electrons. The van der Waals surface area contributed by atoms with E-state index in [1.165, 1.54) is 0 Å². The molecule has 13 heavy (non-hydrogen) atoms. The third kappa shape index (κ3) is 8.22. The Kier molecular flexibility index (Phi) is 7.23. The van der Waals surface area contributed by atoms with E-state index >= 15 is 0 Å². The molecule has 0 unspecified atom stereocenters. The summed E-state index contributed by atoms with van der Waals surface area (Å²) in [6.45, 7) is 6.98. The molecule has 80 valence electrons. The fraction of sp³-hybridized carbons (Fsp3) is 1.00. The van der Waals surface area contributed by atoms with Crippen LogP contribution in [-0.4, -0.2) is 39.5 Å². The molecule has 0 aromatic carbocycles. The lowest BCUT2D eigenvalue weighted by molar-refractivity contribution is 0.0139. The minimum atomic E-state index is 0.0168. The van der Waals surface area contributed by atoms with Crippen LogP contribution in [0.5, 0.6) is 0 Å². The summed E-state index contributed by atoms with van der Waals surface area (Å²) < 4.78 is 10.2. The Labute approximate surface area is 81.8 Å². The molecule has 0 spiro atoms. The summed E-state index contributed by atoms with van der Waals surface area (Å²) >= 11 is 0. The van der Waals surface area contributed by atoms with Gasteiger partial charge in [0, 0.05) is 20.8 Å². The molecule has 3 nitrogen and oxygen atoms in total. The molecule has 1 N–H and O–H groups in total. The standard InChI is InChI=1S/C10H23NO2/c1-10(2,13-4)6-5-7-11-8-9-12-3/h11H,5-9H2,1-4H3. The summed E-state index contributed by atoms with van der Waals surface area (Å²) in [6, 6.07) is 0. The smallest absolute Gasteiger partial charge is 0.0623 e. The average Bonchev–Trinajstić information content (AvgIpc) is 2.11. The molecule has 0 aliphatic carbocycles. The molecular weight excluding hydrogens is 166 g/mol. The van der Waals surface area contributed by atoms with Crippen LogP contribution in [0.15, 0.2) is 0 Å². The Morgan fingerprint density at radius 3 is 2.38 bits per heavy atom. The van der Waals surface area contributed by atoms with Crippen molar-refractivity contribution >= 4 is 0 Å². The second-order valence-electron chi connectivity index (χ2n) is 3.81. The molecule has 0 aliphatic rings. The molecule has 0 bridgehead atoms. The van der Waals surface area contributed by atoms with Crippen molar-refractivity contribution in [2.75, 3.05) is 33.9 Å². The Morgan fingerprint density at radius 1 is 1.15 bits per heavy atom. The van der Waals surface area contributed by atoms with Crippen LogP contribution in [0.4, 0.5) is 0 Å². The molecule has 0 saturated carbocycles. The van der Waals surface area contributed by atoms with Gasteiger partial charge in [-0.25, -0.2) is 0 Å². The molecule has 0 aromatic rings. The van der Waals surface area contributed by atoms with Crippen LogP contribution in [0.1, 0.15) is 26.7 Å². The van der Waals surface area contributed by atoms with Crippen LogP contribution in [-0.2, 0) is 9.47 Å². The predicted octanol–water partition coefficient (Wildman–Crippen LogP) is 1.43. The Balaban J connectivity index is 3.16. The highest BCUT2D eigenvalue weighted by Crippen LogP contribution is 2.14. The first-order chi connectivity index (χ1) is 6.12. The molecule has 0 heterocycles. The van der Waals surface area contributed by atoms with Crippen molar-refractivity contribution in [1.82, 2.24) is 5.32 Å². The topological polar surface area (TPSA) is 30.5 Å². The molecule has 0 rings (SSSR count). The second kappa shape index (κ2) is 7.30. The summed E-state index contributed by atoms with van der Waals surface area (Å²) in [5.41, 5.74) is 0.0168. The molecule has 0 aromatic heterocycles. The van der Waals surface area contributed by atoms with E-state index in [0.29, 0.717) is 0 Å². The van der Waals surface area contributed by atoms with Crippen LogP contribution in [0.3, 0.4) is 0 Å². The van der Waals surface area contributed by atoms with Crippen LogP contribution in [0, 0.1) is 0 Å². The summed E-state index contributed by atoms with van der Waals surface area (Å²) in [4.78, 5) is 0. The number of rotatable bonds is 8. The van der Waals surface area contributed by atoms with E-state index in [1.54, 1.807) is 14.2 Å². The Bertz CT molecular complexity index is 115. The summed E-state index contributed by atoms with van der Waals surface area (Å²) in [5.74, 6) is 0. The zero-order valence-corrected chi connectivity index (χ0v) is 9.35. The van der Waals surface area contributed by atoms with Gasteiger partial charge in [0.15, 0.2) is 0 Å². The van der Waals surface area contributed by atoms with Crippen molar-refractivity contribution in [2.45, 2.75) is 32.3 Å². The third-order valence-corrected chi connectivity index (χ3v) is 2.17. The maximum atomic E-state index is 5.31. The Hall–Kier alpha value is -0.120. The van der Waals surface area contributed by atoms with Crippen LogP contribution in [0.2, 0.25) is 0 Å². The minimum absolute atomic E-state index is 0.0168. The third-order valence-electron chi connectivity index (χ3n) is 2.17. The fourth-order valence-electron chi connectivity index (χ4n) is 1.04. The van der Waals surface area contributed by atoms with Crippen LogP contribution < -0.4 is 5.32 Å². The van der Waals surface area contributed by atoms with Crippen molar-refractivity contribution in [3.05, 3.63) is 0 Å². The predicted molar refractivity (Wildman–Crippen MR) is 55.1 cm³/mol. The number of hydrogen-bond donors (Lipinski definition) is 1. The number of ether oxygens (including phenoxy) is 2. The molecule has 0 amide bonds. The van der Waals surface area contributed by atoms with Gasteiger partial charge in [0.05, 0.1) is 12.2 Å². The molecular formula is C10H23NO2. The van der Waals surface area contributed by atoms with Gasteiger partial charge in [-0.1, -0.05) is 0 Å². The van der Waals surface area contributed by atoms with Gasteiger partial charge in [0.2, 0.25) is 0 Å². The fourth-order valence-corrected chi connectivity index (χ4v) is 1.04. The van der Waals surface area contributed by atoms with Crippen molar-refractivity contribution in [3.63, 3.8) is 0 Å². The normalized spacial score (nSPS) is 12.0. The first-order valence-corrected chi connectivity index (χ1v) is 4.87. The van der Waals surface area contributed by atoms with Gasteiger partial charge in [-0.15, -0.1) is 0 Å². The van der Waals surface area contributed by atoms with Gasteiger partial charge in [0.1, 0.15) is 0 Å². The highest BCUT2D eigenvalue weighted by atomic mass is 16.5. The lowest BCUT2D eigenvalue weighted by Crippen LogP contribution is -2.26. The largest absolute Gasteiger partial charge is 0.383 e. The first kappa shape index (κ1) is 12.9. The van der Waals surface area contributed by atoms with Gasteiger partial charge in [-0.05, 0) is 33.2 Å². The van der Waals surface area contributed by atoms with E-state index in [0.717, 1.165) is 32.5 Å². The highest BCUT2D eigenvalue weighted by Gasteiger charge is 2.14. The number of nitrogens with one attached hydrogen (secondary N) is 1. The van der Waals surface area contributed by atoms with Gasteiger partial charge in [0.25, 0.3) is 0 Å². The van der Waals surface area contributed by atoms with Crippen molar-refractivity contribution in [3.8, 4) is 0 Å². The number of methoxy groups -OCH3 is 2. The minimum Gasteiger partial charge on any atom is -0.383 e. The van der Waals surface area contributed by atoms with Crippen LogP contribution in [0.25, 0.3) is 0 Å². The van der Waals surface area contributed by atoms with E-state index in [1.807, 2.05) is 0 Å². The van der Waals surface area contributed by atoms with Crippen LogP contribution >= 0.6 is 0 Å². The highest BCUT2D eigenvalue weighted by molar-refractivity contribution is 4.67. The maximum Gasteiger partial charge on any atom is 0.0623 e. The molecule has 0 aliphatic heterocycles. The van der Waals surface area contributed by atoms with E-state index in [-0.39, 0.29) is 5.60 Å².